The Hall–Kier alpha value is 0.700. The van der Waals surface area contributed by atoms with Crippen LogP contribution in [0.4, 0.5) is 0 Å². The molecule has 2 heteroatoms. The average Bonchev–Trinajstić information content (AvgIpc) is 1.14. The van der Waals surface area contributed by atoms with E-state index in [9.17, 15) is 0 Å². The van der Waals surface area contributed by atoms with Crippen molar-refractivity contribution >= 4 is 25.3 Å². The second-order valence-corrected chi connectivity index (χ2v) is 6.28. The molecule has 0 aromatic carbocycles. The second kappa shape index (κ2) is 2.75. The quantitative estimate of drug-likeness (QED) is 0.432. The van der Waals surface area contributed by atoms with Gasteiger partial charge in [-0.25, -0.2) is 0 Å². The van der Waals surface area contributed by atoms with Gasteiger partial charge < -0.3 is 0 Å². The molecule has 56 valence electrons. The van der Waals surface area contributed by atoms with Crippen LogP contribution in [0.2, 0.25) is 0 Å². The highest BCUT2D eigenvalue weighted by Gasteiger charge is 2.21. The van der Waals surface area contributed by atoms with Gasteiger partial charge in [0.15, 0.2) is 0 Å². The molecule has 0 fully saturated rings. The lowest BCUT2D eigenvalue weighted by molar-refractivity contribution is 0.370. The largest absolute Gasteiger partial charge is 0.162 e. The molecule has 0 rings (SSSR count). The molecular formula is C7H16S2. The summed E-state index contributed by atoms with van der Waals surface area (Å²) in [5, 5.41) is 0. The Balaban J connectivity index is 3.75. The average molecular weight is 164 g/mol. The van der Waals surface area contributed by atoms with E-state index in [4.69, 9.17) is 0 Å². The van der Waals surface area contributed by atoms with E-state index in [-0.39, 0.29) is 4.08 Å². The van der Waals surface area contributed by atoms with Gasteiger partial charge in [0.2, 0.25) is 0 Å². The standard InChI is InChI=1S/C7H16S2/c1-6(2,3)5-7(4,8)9/h8-9H,5H2,1-4H3. The number of hydrogen-bond donors (Lipinski definition) is 2. The lowest BCUT2D eigenvalue weighted by Gasteiger charge is -2.26. The lowest BCUT2D eigenvalue weighted by Crippen LogP contribution is -2.18. The zero-order valence-corrected chi connectivity index (χ0v) is 8.39. The lowest BCUT2D eigenvalue weighted by atomic mass is 9.90. The molecule has 0 saturated heterocycles. The second-order valence-electron chi connectivity index (χ2n) is 3.95. The maximum atomic E-state index is 4.31. The maximum absolute atomic E-state index is 4.31. The van der Waals surface area contributed by atoms with Crippen LogP contribution in [-0.2, 0) is 0 Å². The minimum absolute atomic E-state index is 0.127. The number of hydrogen-bond acceptors (Lipinski definition) is 2. The third kappa shape index (κ3) is 8.70. The molecule has 0 radical (unpaired) electrons. The fourth-order valence-electron chi connectivity index (χ4n) is 1.00. The van der Waals surface area contributed by atoms with Gasteiger partial charge >= 0.3 is 0 Å². The molecule has 0 spiro atoms. The van der Waals surface area contributed by atoms with Crippen molar-refractivity contribution in [2.24, 2.45) is 5.41 Å². The maximum Gasteiger partial charge on any atom is 0.0528 e. The van der Waals surface area contributed by atoms with Crippen molar-refractivity contribution < 1.29 is 0 Å². The SMILES string of the molecule is CC(C)(C)CC(C)(S)S. The Morgan fingerprint density at radius 1 is 1.00 bits per heavy atom. The van der Waals surface area contributed by atoms with Crippen LogP contribution in [0.1, 0.15) is 34.1 Å². The smallest absolute Gasteiger partial charge is 0.0528 e. The fourth-order valence-corrected chi connectivity index (χ4v) is 1.95. The molecule has 0 heterocycles. The summed E-state index contributed by atoms with van der Waals surface area (Å²) in [6.07, 6.45) is 1.02. The van der Waals surface area contributed by atoms with Crippen LogP contribution in [0.3, 0.4) is 0 Å². The molecule has 0 amide bonds. The highest BCUT2D eigenvalue weighted by molar-refractivity contribution is 8.00. The van der Waals surface area contributed by atoms with Crippen LogP contribution in [0.15, 0.2) is 0 Å². The van der Waals surface area contributed by atoms with E-state index >= 15 is 0 Å². The predicted octanol–water partition coefficient (Wildman–Crippen LogP) is 3.00. The minimum Gasteiger partial charge on any atom is -0.162 e. The summed E-state index contributed by atoms with van der Waals surface area (Å²) in [5.41, 5.74) is 0.332. The topological polar surface area (TPSA) is 0 Å². The van der Waals surface area contributed by atoms with Gasteiger partial charge in [-0.1, -0.05) is 20.8 Å². The van der Waals surface area contributed by atoms with E-state index in [2.05, 4.69) is 46.0 Å². The normalized spacial score (nSPS) is 14.0. The Labute approximate surface area is 69.2 Å². The molecule has 0 N–H and O–H groups in total. The summed E-state index contributed by atoms with van der Waals surface area (Å²) in [6, 6.07) is 0. The number of rotatable bonds is 1. The van der Waals surface area contributed by atoms with Crippen molar-refractivity contribution in [2.45, 2.75) is 38.2 Å². The van der Waals surface area contributed by atoms with E-state index in [0.29, 0.717) is 5.41 Å². The summed E-state index contributed by atoms with van der Waals surface area (Å²) in [6.45, 7) is 8.59. The van der Waals surface area contributed by atoms with Crippen LogP contribution >= 0.6 is 25.3 Å². The van der Waals surface area contributed by atoms with Crippen molar-refractivity contribution in [3.63, 3.8) is 0 Å². The Morgan fingerprint density at radius 3 is 1.33 bits per heavy atom. The molecule has 9 heavy (non-hydrogen) atoms. The predicted molar refractivity (Wildman–Crippen MR) is 50.4 cm³/mol. The molecule has 0 aromatic rings. The fraction of sp³-hybridized carbons (Fsp3) is 1.00. The van der Waals surface area contributed by atoms with E-state index in [1.165, 1.54) is 0 Å². The van der Waals surface area contributed by atoms with E-state index in [0.717, 1.165) is 6.42 Å². The molecule has 0 saturated carbocycles. The molecule has 0 aliphatic heterocycles. The summed E-state index contributed by atoms with van der Waals surface area (Å²) in [7, 11) is 0. The molecular weight excluding hydrogens is 148 g/mol. The molecule has 0 bridgehead atoms. The van der Waals surface area contributed by atoms with Crippen molar-refractivity contribution in [1.82, 2.24) is 0 Å². The molecule has 0 unspecified atom stereocenters. The minimum atomic E-state index is -0.127. The third-order valence-electron chi connectivity index (χ3n) is 0.865. The van der Waals surface area contributed by atoms with Gasteiger partial charge in [-0.3, -0.25) is 0 Å². The number of thiol groups is 2. The Morgan fingerprint density at radius 2 is 1.33 bits per heavy atom. The van der Waals surface area contributed by atoms with E-state index < -0.39 is 0 Å². The highest BCUT2D eigenvalue weighted by Crippen LogP contribution is 2.33. The Bertz CT molecular complexity index is 72.1. The molecule has 0 aliphatic rings. The van der Waals surface area contributed by atoms with Crippen molar-refractivity contribution in [3.8, 4) is 0 Å². The monoisotopic (exact) mass is 164 g/mol. The summed E-state index contributed by atoms with van der Waals surface area (Å²) in [4.78, 5) is 0. The van der Waals surface area contributed by atoms with Crippen molar-refractivity contribution in [2.75, 3.05) is 0 Å². The van der Waals surface area contributed by atoms with Gasteiger partial charge in [0, 0.05) is 0 Å². The van der Waals surface area contributed by atoms with Crippen LogP contribution < -0.4 is 0 Å². The van der Waals surface area contributed by atoms with Gasteiger partial charge in [-0.2, -0.15) is 25.3 Å². The summed E-state index contributed by atoms with van der Waals surface area (Å²) >= 11 is 8.62. The highest BCUT2D eigenvalue weighted by atomic mass is 32.2. The van der Waals surface area contributed by atoms with E-state index in [1.54, 1.807) is 0 Å². The van der Waals surface area contributed by atoms with Gasteiger partial charge in [0.05, 0.1) is 4.08 Å². The van der Waals surface area contributed by atoms with Crippen LogP contribution in [-0.4, -0.2) is 4.08 Å². The molecule has 0 aliphatic carbocycles. The van der Waals surface area contributed by atoms with Crippen LogP contribution in [0.5, 0.6) is 0 Å². The zero-order valence-electron chi connectivity index (χ0n) is 6.60. The van der Waals surface area contributed by atoms with Crippen LogP contribution in [0.25, 0.3) is 0 Å². The third-order valence-corrected chi connectivity index (χ3v) is 1.18. The first-order valence-electron chi connectivity index (χ1n) is 3.15. The summed E-state index contributed by atoms with van der Waals surface area (Å²) < 4.78 is -0.127. The first kappa shape index (κ1) is 9.70. The zero-order chi connectivity index (χ0) is 7.71. The van der Waals surface area contributed by atoms with E-state index in [1.807, 2.05) is 6.92 Å². The van der Waals surface area contributed by atoms with Gasteiger partial charge in [0.25, 0.3) is 0 Å². The molecule has 0 atom stereocenters. The molecule has 0 aromatic heterocycles. The van der Waals surface area contributed by atoms with Crippen molar-refractivity contribution in [3.05, 3.63) is 0 Å². The van der Waals surface area contributed by atoms with Crippen LogP contribution in [0, 0.1) is 5.41 Å². The first-order chi connectivity index (χ1) is 3.71. The van der Waals surface area contributed by atoms with Gasteiger partial charge in [-0.15, -0.1) is 0 Å². The van der Waals surface area contributed by atoms with Crippen molar-refractivity contribution in [1.29, 1.82) is 0 Å². The van der Waals surface area contributed by atoms with Gasteiger partial charge in [0.1, 0.15) is 0 Å². The Kier molecular flexibility index (Phi) is 2.96. The summed E-state index contributed by atoms with van der Waals surface area (Å²) in [5.74, 6) is 0. The van der Waals surface area contributed by atoms with Gasteiger partial charge in [-0.05, 0) is 18.8 Å². The first-order valence-corrected chi connectivity index (χ1v) is 4.05. The molecule has 0 nitrogen and oxygen atoms in total.